The standard InChI is InChI=1S/C25H28N4O6S/c30-13-17-3-5-18(6-4-17)21-11-20(14-36-25-27-15-28-29-25)34-24(35-21)19-7-1-16(2-8-19)12-26-22(31)9-10-23(32)33/h1-8,15,20-21,24,30H,9-14H2,(H,26,31)(H,32,33)(H,27,28,29)/t20-,21+,24+/m1/s1. The molecule has 1 saturated heterocycles. The fraction of sp³-hybridized carbons (Fsp3) is 0.360. The monoisotopic (exact) mass is 512 g/mol. The molecule has 3 aromatic rings. The van der Waals surface area contributed by atoms with Crippen molar-refractivity contribution < 1.29 is 29.3 Å². The van der Waals surface area contributed by atoms with Gasteiger partial charge in [-0.15, -0.1) is 0 Å². The van der Waals surface area contributed by atoms with E-state index in [0.717, 1.165) is 27.4 Å². The number of thioether (sulfide) groups is 1. The van der Waals surface area contributed by atoms with Gasteiger partial charge in [-0.2, -0.15) is 5.10 Å². The highest BCUT2D eigenvalue weighted by molar-refractivity contribution is 7.99. The lowest BCUT2D eigenvalue weighted by Crippen LogP contribution is -2.31. The smallest absolute Gasteiger partial charge is 0.303 e. The molecule has 11 heteroatoms. The van der Waals surface area contributed by atoms with Gasteiger partial charge in [0.05, 0.1) is 25.2 Å². The topological polar surface area (TPSA) is 147 Å². The number of aliphatic hydroxyl groups is 1. The normalized spacial score (nSPS) is 19.6. The first kappa shape index (κ1) is 25.8. The van der Waals surface area contributed by atoms with Gasteiger partial charge in [-0.3, -0.25) is 14.7 Å². The molecular weight excluding hydrogens is 484 g/mol. The van der Waals surface area contributed by atoms with Gasteiger partial charge in [-0.25, -0.2) is 4.98 Å². The number of amides is 1. The summed E-state index contributed by atoms with van der Waals surface area (Å²) in [4.78, 5) is 26.6. The number of aliphatic hydroxyl groups excluding tert-OH is 1. The van der Waals surface area contributed by atoms with Crippen LogP contribution in [0.5, 0.6) is 0 Å². The predicted molar refractivity (Wildman–Crippen MR) is 131 cm³/mol. The van der Waals surface area contributed by atoms with Crippen LogP contribution in [0, 0.1) is 0 Å². The van der Waals surface area contributed by atoms with E-state index in [1.807, 2.05) is 48.5 Å². The fourth-order valence-electron chi connectivity index (χ4n) is 3.76. The van der Waals surface area contributed by atoms with E-state index in [-0.39, 0.29) is 37.6 Å². The first-order valence-electron chi connectivity index (χ1n) is 11.6. The number of rotatable bonds is 11. The van der Waals surface area contributed by atoms with Gasteiger partial charge in [0.1, 0.15) is 6.33 Å². The quantitative estimate of drug-likeness (QED) is 0.285. The van der Waals surface area contributed by atoms with E-state index < -0.39 is 12.3 Å². The lowest BCUT2D eigenvalue weighted by molar-refractivity contribution is -0.245. The number of carbonyl (C=O) groups is 2. The van der Waals surface area contributed by atoms with Crippen LogP contribution in [0.4, 0.5) is 0 Å². The number of nitrogens with zero attached hydrogens (tertiary/aromatic N) is 2. The van der Waals surface area contributed by atoms with Crippen molar-refractivity contribution in [3.63, 3.8) is 0 Å². The largest absolute Gasteiger partial charge is 0.481 e. The number of ether oxygens (including phenoxy) is 2. The minimum atomic E-state index is -0.998. The van der Waals surface area contributed by atoms with Crippen molar-refractivity contribution in [1.29, 1.82) is 0 Å². The van der Waals surface area contributed by atoms with Crippen LogP contribution in [0.15, 0.2) is 60.0 Å². The van der Waals surface area contributed by atoms with Gasteiger partial charge in [-0.05, 0) is 16.7 Å². The fourth-order valence-corrected chi connectivity index (χ4v) is 4.56. The van der Waals surface area contributed by atoms with Gasteiger partial charge in [0.2, 0.25) is 5.91 Å². The van der Waals surface area contributed by atoms with Crippen molar-refractivity contribution in [2.75, 3.05) is 5.75 Å². The summed E-state index contributed by atoms with van der Waals surface area (Å²) in [6.45, 7) is 0.293. The maximum atomic E-state index is 11.8. The Morgan fingerprint density at radius 2 is 1.75 bits per heavy atom. The van der Waals surface area contributed by atoms with Crippen LogP contribution in [-0.2, 0) is 32.2 Å². The maximum Gasteiger partial charge on any atom is 0.303 e. The molecule has 0 bridgehead atoms. The van der Waals surface area contributed by atoms with E-state index in [1.165, 1.54) is 18.1 Å². The Bertz CT molecular complexity index is 1120. The first-order chi connectivity index (χ1) is 17.5. The summed E-state index contributed by atoms with van der Waals surface area (Å²) in [5.74, 6) is -0.634. The average molecular weight is 513 g/mol. The number of carboxylic acid groups (broad SMARTS) is 1. The van der Waals surface area contributed by atoms with Crippen LogP contribution < -0.4 is 5.32 Å². The third kappa shape index (κ3) is 7.37. The number of aromatic nitrogens is 3. The molecule has 0 unspecified atom stereocenters. The summed E-state index contributed by atoms with van der Waals surface area (Å²) in [7, 11) is 0. The second-order valence-electron chi connectivity index (χ2n) is 8.36. The van der Waals surface area contributed by atoms with E-state index in [4.69, 9.17) is 14.6 Å². The zero-order chi connectivity index (χ0) is 25.3. The van der Waals surface area contributed by atoms with E-state index in [9.17, 15) is 14.7 Å². The Morgan fingerprint density at radius 3 is 2.42 bits per heavy atom. The summed E-state index contributed by atoms with van der Waals surface area (Å²) in [6.07, 6.45) is 1.01. The molecule has 2 heterocycles. The molecule has 4 rings (SSSR count). The number of H-pyrrole nitrogens is 1. The highest BCUT2D eigenvalue weighted by Crippen LogP contribution is 2.39. The Balaban J connectivity index is 1.42. The summed E-state index contributed by atoms with van der Waals surface area (Å²) in [5.41, 5.74) is 3.58. The molecule has 0 radical (unpaired) electrons. The number of nitrogens with one attached hydrogen (secondary N) is 2. The van der Waals surface area contributed by atoms with Crippen molar-refractivity contribution in [1.82, 2.24) is 20.5 Å². The van der Waals surface area contributed by atoms with Crippen molar-refractivity contribution in [3.05, 3.63) is 77.1 Å². The molecule has 1 aliphatic heterocycles. The molecule has 2 aromatic carbocycles. The number of hydrogen-bond donors (Lipinski definition) is 4. The number of benzene rings is 2. The SMILES string of the molecule is O=C(O)CCC(=O)NCc1ccc([C@H]2O[C@@H](CSc3ncn[nH]3)C[C@@H](c3ccc(CO)cc3)O2)cc1. The van der Waals surface area contributed by atoms with E-state index >= 15 is 0 Å². The Morgan fingerprint density at radius 1 is 1.03 bits per heavy atom. The first-order valence-corrected chi connectivity index (χ1v) is 12.5. The Hall–Kier alpha value is -3.25. The van der Waals surface area contributed by atoms with Gasteiger partial charge >= 0.3 is 5.97 Å². The van der Waals surface area contributed by atoms with Crippen LogP contribution in [0.2, 0.25) is 0 Å². The third-order valence-electron chi connectivity index (χ3n) is 5.72. The summed E-state index contributed by atoms with van der Waals surface area (Å²) in [6, 6.07) is 15.3. The van der Waals surface area contributed by atoms with E-state index in [2.05, 4.69) is 20.5 Å². The molecule has 0 aliphatic carbocycles. The molecule has 190 valence electrons. The van der Waals surface area contributed by atoms with Crippen LogP contribution in [-0.4, -0.2) is 49.1 Å². The van der Waals surface area contributed by atoms with E-state index in [0.29, 0.717) is 18.7 Å². The third-order valence-corrected chi connectivity index (χ3v) is 6.73. The number of aliphatic carboxylic acids is 1. The van der Waals surface area contributed by atoms with E-state index in [1.54, 1.807) is 0 Å². The predicted octanol–water partition coefficient (Wildman–Crippen LogP) is 3.12. The Labute approximate surface area is 212 Å². The molecule has 0 spiro atoms. The van der Waals surface area contributed by atoms with Crippen LogP contribution in [0.25, 0.3) is 0 Å². The molecule has 3 atom stereocenters. The van der Waals surface area contributed by atoms with Gasteiger partial charge in [0, 0.05) is 30.7 Å². The van der Waals surface area contributed by atoms with Crippen molar-refractivity contribution >= 4 is 23.6 Å². The van der Waals surface area contributed by atoms with Gasteiger partial charge < -0.3 is 25.0 Å². The van der Waals surface area contributed by atoms with Crippen molar-refractivity contribution in [2.45, 2.75) is 56.1 Å². The lowest BCUT2D eigenvalue weighted by Gasteiger charge is -2.36. The molecule has 0 saturated carbocycles. The van der Waals surface area contributed by atoms with Crippen molar-refractivity contribution in [2.24, 2.45) is 0 Å². The summed E-state index contributed by atoms with van der Waals surface area (Å²) < 4.78 is 12.6. The minimum Gasteiger partial charge on any atom is -0.481 e. The van der Waals surface area contributed by atoms with Crippen molar-refractivity contribution in [3.8, 4) is 0 Å². The van der Waals surface area contributed by atoms with Crippen LogP contribution >= 0.6 is 11.8 Å². The zero-order valence-electron chi connectivity index (χ0n) is 19.5. The average Bonchev–Trinajstić information content (AvgIpc) is 3.43. The Kier molecular flexibility index (Phi) is 9.06. The molecular formula is C25H28N4O6S. The summed E-state index contributed by atoms with van der Waals surface area (Å²) >= 11 is 1.53. The lowest BCUT2D eigenvalue weighted by atomic mass is 10.0. The summed E-state index contributed by atoms with van der Waals surface area (Å²) in [5, 5.41) is 28.2. The number of carbonyl (C=O) groups excluding carboxylic acids is 1. The van der Waals surface area contributed by atoms with Crippen LogP contribution in [0.1, 0.15) is 53.9 Å². The second kappa shape index (κ2) is 12.6. The number of carboxylic acids is 1. The highest BCUT2D eigenvalue weighted by atomic mass is 32.2. The molecule has 10 nitrogen and oxygen atoms in total. The molecule has 1 aliphatic rings. The number of hydrogen-bond acceptors (Lipinski definition) is 8. The molecule has 4 N–H and O–H groups in total. The molecule has 1 fully saturated rings. The minimum absolute atomic E-state index is 0.0135. The highest BCUT2D eigenvalue weighted by Gasteiger charge is 2.32. The van der Waals surface area contributed by atoms with Gasteiger partial charge in [-0.1, -0.05) is 60.3 Å². The van der Waals surface area contributed by atoms with Gasteiger partial charge in [0.25, 0.3) is 0 Å². The van der Waals surface area contributed by atoms with Gasteiger partial charge in [0.15, 0.2) is 11.4 Å². The molecule has 1 aromatic heterocycles. The maximum absolute atomic E-state index is 11.8. The second-order valence-corrected chi connectivity index (χ2v) is 9.37. The molecule has 36 heavy (non-hydrogen) atoms. The van der Waals surface area contributed by atoms with Crippen LogP contribution in [0.3, 0.4) is 0 Å². The number of aromatic amines is 1. The molecule has 1 amide bonds. The zero-order valence-corrected chi connectivity index (χ0v) is 20.3.